The molecule has 0 saturated carbocycles. The van der Waals surface area contributed by atoms with Gasteiger partial charge in [-0.1, -0.05) is 30.3 Å². The quantitative estimate of drug-likeness (QED) is 0.341. The molecular weight excluding hydrogens is 424 g/mol. The summed E-state index contributed by atoms with van der Waals surface area (Å²) >= 11 is 0. The van der Waals surface area contributed by atoms with E-state index < -0.39 is 17.0 Å². The second-order valence-electron chi connectivity index (χ2n) is 7.65. The van der Waals surface area contributed by atoms with E-state index in [1.807, 2.05) is 18.2 Å². The first-order chi connectivity index (χ1) is 15.9. The van der Waals surface area contributed by atoms with Crippen LogP contribution < -0.4 is 4.74 Å². The van der Waals surface area contributed by atoms with Gasteiger partial charge >= 0.3 is 5.97 Å². The van der Waals surface area contributed by atoms with E-state index in [1.54, 1.807) is 30.3 Å². The molecule has 162 valence electrons. The molecule has 1 aromatic heterocycles. The molecule has 0 bridgehead atoms. The standard InChI is InChI=1S/C25H16N2O6/c28-20-13-21(14-8-10-17(11-9-14)27(31)32)33-24-23(20)22(18-6-1-2-7-19(18)26-24)15-4-3-5-16(12-15)25(29)30/h1-12,21H,13H2,(H,29,30)/t21-/m1/s1. The Bertz CT molecular complexity index is 1450. The number of rotatable bonds is 4. The smallest absolute Gasteiger partial charge is 0.335 e. The fraction of sp³-hybridized carbons (Fsp3) is 0.0800. The van der Waals surface area contributed by atoms with Gasteiger partial charge in [-0.05, 0) is 41.5 Å². The van der Waals surface area contributed by atoms with Gasteiger partial charge < -0.3 is 9.84 Å². The molecule has 1 atom stereocenters. The van der Waals surface area contributed by atoms with E-state index in [2.05, 4.69) is 4.98 Å². The van der Waals surface area contributed by atoms with Crippen molar-refractivity contribution in [2.75, 3.05) is 0 Å². The molecular formula is C25H16N2O6. The summed E-state index contributed by atoms with van der Waals surface area (Å²) < 4.78 is 6.12. The van der Waals surface area contributed by atoms with E-state index in [4.69, 9.17) is 4.74 Å². The Kier molecular flexibility index (Phi) is 4.82. The van der Waals surface area contributed by atoms with Crippen molar-refractivity contribution in [1.82, 2.24) is 4.98 Å². The van der Waals surface area contributed by atoms with Crippen LogP contribution >= 0.6 is 0 Å². The second kappa shape index (κ2) is 7.83. The lowest BCUT2D eigenvalue weighted by atomic mass is 9.89. The number of aromatic carboxylic acids is 1. The predicted molar refractivity (Wildman–Crippen MR) is 120 cm³/mol. The maximum absolute atomic E-state index is 13.4. The number of hydrogen-bond acceptors (Lipinski definition) is 6. The fourth-order valence-corrected chi connectivity index (χ4v) is 4.08. The van der Waals surface area contributed by atoms with Gasteiger partial charge in [-0.3, -0.25) is 14.9 Å². The number of para-hydroxylation sites is 1. The third-order valence-electron chi connectivity index (χ3n) is 5.64. The van der Waals surface area contributed by atoms with Crippen LogP contribution in [-0.4, -0.2) is 26.8 Å². The van der Waals surface area contributed by atoms with Gasteiger partial charge in [0.2, 0.25) is 5.88 Å². The van der Waals surface area contributed by atoms with Crippen molar-refractivity contribution in [2.45, 2.75) is 12.5 Å². The molecule has 0 unspecified atom stereocenters. The SMILES string of the molecule is O=C(O)c1cccc(-c2c3c(nc4ccccc24)O[C@@H](c2ccc([N+](=O)[O-])cc2)CC3=O)c1. The van der Waals surface area contributed by atoms with Gasteiger partial charge in [0.15, 0.2) is 5.78 Å². The number of Topliss-reactive ketones (excluding diaryl/α,β-unsaturated/α-hetero) is 1. The second-order valence-corrected chi connectivity index (χ2v) is 7.65. The number of nitrogens with zero attached hydrogens (tertiary/aromatic N) is 2. The van der Waals surface area contributed by atoms with Crippen molar-refractivity contribution >= 4 is 28.3 Å². The van der Waals surface area contributed by atoms with Gasteiger partial charge in [0.25, 0.3) is 5.69 Å². The maximum Gasteiger partial charge on any atom is 0.335 e. The molecule has 33 heavy (non-hydrogen) atoms. The van der Waals surface area contributed by atoms with Gasteiger partial charge in [-0.2, -0.15) is 0 Å². The Morgan fingerprint density at radius 1 is 1.03 bits per heavy atom. The third kappa shape index (κ3) is 3.57. The lowest BCUT2D eigenvalue weighted by molar-refractivity contribution is -0.384. The number of ether oxygens (including phenoxy) is 1. The molecule has 1 aliphatic heterocycles. The lowest BCUT2D eigenvalue weighted by Gasteiger charge is -2.27. The largest absolute Gasteiger partial charge is 0.478 e. The highest BCUT2D eigenvalue weighted by atomic mass is 16.6. The molecule has 0 aliphatic carbocycles. The first kappa shape index (κ1) is 20.3. The number of carbonyl (C=O) groups is 2. The summed E-state index contributed by atoms with van der Waals surface area (Å²) in [5.74, 6) is -1.11. The molecule has 8 nitrogen and oxygen atoms in total. The molecule has 0 fully saturated rings. The van der Waals surface area contributed by atoms with Crippen LogP contribution in [0.3, 0.4) is 0 Å². The molecule has 1 aliphatic rings. The van der Waals surface area contributed by atoms with Crippen LogP contribution in [0.15, 0.2) is 72.8 Å². The molecule has 8 heteroatoms. The summed E-state index contributed by atoms with van der Waals surface area (Å²) in [6.45, 7) is 0. The Labute approximate surface area is 187 Å². The highest BCUT2D eigenvalue weighted by molar-refractivity contribution is 6.12. The summed E-state index contributed by atoms with van der Waals surface area (Å²) in [4.78, 5) is 39.9. The molecule has 5 rings (SSSR count). The van der Waals surface area contributed by atoms with E-state index in [-0.39, 0.29) is 29.3 Å². The summed E-state index contributed by atoms with van der Waals surface area (Å²) in [5.41, 5.74) is 2.74. The maximum atomic E-state index is 13.4. The molecule has 0 spiro atoms. The molecule has 0 amide bonds. The number of non-ortho nitro benzene ring substituents is 1. The summed E-state index contributed by atoms with van der Waals surface area (Å²) in [5, 5.41) is 21.1. The van der Waals surface area contributed by atoms with Crippen LogP contribution in [0.5, 0.6) is 5.88 Å². The van der Waals surface area contributed by atoms with Crippen LogP contribution in [0.2, 0.25) is 0 Å². The number of nitro groups is 1. The van der Waals surface area contributed by atoms with E-state index >= 15 is 0 Å². The highest BCUT2D eigenvalue weighted by Crippen LogP contribution is 2.42. The highest BCUT2D eigenvalue weighted by Gasteiger charge is 2.33. The first-order valence-corrected chi connectivity index (χ1v) is 10.1. The topological polar surface area (TPSA) is 120 Å². The zero-order valence-electron chi connectivity index (χ0n) is 17.1. The number of benzene rings is 3. The Morgan fingerprint density at radius 2 is 1.79 bits per heavy atom. The average molecular weight is 440 g/mol. The van der Waals surface area contributed by atoms with Crippen molar-refractivity contribution in [3.8, 4) is 17.0 Å². The number of pyridine rings is 1. The Hall–Kier alpha value is -4.59. The zero-order chi connectivity index (χ0) is 23.1. The van der Waals surface area contributed by atoms with Crippen molar-refractivity contribution < 1.29 is 24.4 Å². The number of carbonyl (C=O) groups excluding carboxylic acids is 1. The zero-order valence-corrected chi connectivity index (χ0v) is 17.1. The first-order valence-electron chi connectivity index (χ1n) is 10.1. The van der Waals surface area contributed by atoms with Gasteiger partial charge in [-0.25, -0.2) is 9.78 Å². The molecule has 1 N–H and O–H groups in total. The van der Waals surface area contributed by atoms with E-state index in [9.17, 15) is 24.8 Å². The normalized spacial score (nSPS) is 15.0. The van der Waals surface area contributed by atoms with Crippen molar-refractivity contribution in [2.24, 2.45) is 0 Å². The predicted octanol–water partition coefficient (Wildman–Crippen LogP) is 5.21. The number of carboxylic acid groups (broad SMARTS) is 1. The Balaban J connectivity index is 1.66. The lowest BCUT2D eigenvalue weighted by Crippen LogP contribution is -2.22. The summed E-state index contributed by atoms with van der Waals surface area (Å²) in [6.07, 6.45) is -0.617. The summed E-state index contributed by atoms with van der Waals surface area (Å²) in [6, 6.07) is 19.6. The van der Waals surface area contributed by atoms with Gasteiger partial charge in [-0.15, -0.1) is 0 Å². The van der Waals surface area contributed by atoms with E-state index in [1.165, 1.54) is 24.3 Å². The van der Waals surface area contributed by atoms with Crippen molar-refractivity contribution in [1.29, 1.82) is 0 Å². The number of fused-ring (bicyclic) bond motifs is 2. The van der Waals surface area contributed by atoms with Crippen LogP contribution in [0.4, 0.5) is 5.69 Å². The molecule has 4 aromatic rings. The number of hydrogen-bond donors (Lipinski definition) is 1. The van der Waals surface area contributed by atoms with Crippen LogP contribution in [-0.2, 0) is 0 Å². The number of carboxylic acids is 1. The van der Waals surface area contributed by atoms with Crippen molar-refractivity contribution in [3.63, 3.8) is 0 Å². The van der Waals surface area contributed by atoms with Crippen LogP contribution in [0.1, 0.15) is 38.8 Å². The molecule has 0 radical (unpaired) electrons. The molecule has 0 saturated heterocycles. The molecule has 3 aromatic carbocycles. The number of ketones is 1. The third-order valence-corrected chi connectivity index (χ3v) is 5.64. The van der Waals surface area contributed by atoms with Crippen LogP contribution in [0.25, 0.3) is 22.0 Å². The van der Waals surface area contributed by atoms with Gasteiger partial charge in [0, 0.05) is 23.1 Å². The molecule has 2 heterocycles. The van der Waals surface area contributed by atoms with Gasteiger partial charge in [0.05, 0.1) is 28.0 Å². The van der Waals surface area contributed by atoms with Gasteiger partial charge in [0.1, 0.15) is 6.10 Å². The minimum Gasteiger partial charge on any atom is -0.478 e. The minimum absolute atomic E-state index is 0.0243. The monoisotopic (exact) mass is 440 g/mol. The van der Waals surface area contributed by atoms with E-state index in [0.29, 0.717) is 33.2 Å². The summed E-state index contributed by atoms with van der Waals surface area (Å²) in [7, 11) is 0. The van der Waals surface area contributed by atoms with Crippen molar-refractivity contribution in [3.05, 3.63) is 99.6 Å². The number of nitro benzene ring substituents is 1. The number of aromatic nitrogens is 1. The van der Waals surface area contributed by atoms with E-state index in [0.717, 1.165) is 0 Å². The van der Waals surface area contributed by atoms with Crippen LogP contribution in [0, 0.1) is 10.1 Å². The Morgan fingerprint density at radius 3 is 2.52 bits per heavy atom. The average Bonchev–Trinajstić information content (AvgIpc) is 2.82. The fourth-order valence-electron chi connectivity index (χ4n) is 4.08. The minimum atomic E-state index is -1.06.